The average Bonchev–Trinajstić information content (AvgIpc) is 3.01. The molecule has 0 aliphatic rings. The van der Waals surface area contributed by atoms with E-state index >= 15 is 0 Å². The number of anilines is 2. The van der Waals surface area contributed by atoms with Crippen LogP contribution in [0.4, 0.5) is 24.0 Å². The summed E-state index contributed by atoms with van der Waals surface area (Å²) >= 11 is 8.06. The minimum atomic E-state index is -4.62. The Hall–Kier alpha value is -1.52. The molecule has 1 atom stereocenters. The third kappa shape index (κ3) is 6.54. The van der Waals surface area contributed by atoms with Gasteiger partial charge in [-0.2, -0.15) is 13.2 Å². The van der Waals surface area contributed by atoms with Crippen molar-refractivity contribution in [1.82, 2.24) is 10.2 Å². The molecule has 1 amide bonds. The molecule has 1 aromatic carbocycles. The van der Waals surface area contributed by atoms with Gasteiger partial charge in [-0.3, -0.25) is 4.79 Å². The Morgan fingerprint density at radius 1 is 1.30 bits per heavy atom. The van der Waals surface area contributed by atoms with Crippen molar-refractivity contribution in [1.29, 1.82) is 0 Å². The van der Waals surface area contributed by atoms with Crippen LogP contribution in [0.2, 0.25) is 5.02 Å². The molecule has 1 unspecified atom stereocenters. The molecule has 27 heavy (non-hydrogen) atoms. The van der Waals surface area contributed by atoms with Gasteiger partial charge in [0.1, 0.15) is 0 Å². The smallest absolute Gasteiger partial charge is 0.360 e. The molecule has 5 nitrogen and oxygen atoms in total. The van der Waals surface area contributed by atoms with Gasteiger partial charge in [-0.15, -0.1) is 10.2 Å². The predicted molar refractivity (Wildman–Crippen MR) is 104 cm³/mol. The van der Waals surface area contributed by atoms with Crippen molar-refractivity contribution in [2.75, 3.05) is 17.2 Å². The molecule has 2 N–H and O–H groups in total. The van der Waals surface area contributed by atoms with Crippen LogP contribution in [0.5, 0.6) is 0 Å². The third-order valence-corrected chi connectivity index (χ3v) is 5.56. The van der Waals surface area contributed by atoms with Crippen molar-refractivity contribution in [2.24, 2.45) is 5.92 Å². The van der Waals surface area contributed by atoms with Crippen LogP contribution < -0.4 is 10.6 Å². The highest BCUT2D eigenvalue weighted by molar-refractivity contribution is 8.02. The average molecular weight is 439 g/mol. The summed E-state index contributed by atoms with van der Waals surface area (Å²) in [6.07, 6.45) is -4.62. The number of thioether (sulfide) groups is 1. The molecule has 148 valence electrons. The molecule has 1 heterocycles. The molecular weight excluding hydrogens is 421 g/mol. The second-order valence-corrected chi connectivity index (χ2v) is 9.09. The molecular formula is C16H18ClF3N4OS2. The Labute approximate surface area is 168 Å². The van der Waals surface area contributed by atoms with E-state index in [1.807, 2.05) is 0 Å². The van der Waals surface area contributed by atoms with Crippen molar-refractivity contribution in [2.45, 2.75) is 36.5 Å². The van der Waals surface area contributed by atoms with E-state index in [-0.39, 0.29) is 10.7 Å². The molecule has 0 saturated carbocycles. The maximum Gasteiger partial charge on any atom is 0.418 e. The summed E-state index contributed by atoms with van der Waals surface area (Å²) in [5, 5.41) is 13.3. The highest BCUT2D eigenvalue weighted by atomic mass is 35.5. The van der Waals surface area contributed by atoms with Gasteiger partial charge < -0.3 is 10.6 Å². The summed E-state index contributed by atoms with van der Waals surface area (Å²) < 4.78 is 39.9. The van der Waals surface area contributed by atoms with E-state index in [4.69, 9.17) is 11.6 Å². The monoisotopic (exact) mass is 438 g/mol. The molecule has 0 radical (unpaired) electrons. The zero-order valence-corrected chi connectivity index (χ0v) is 17.1. The number of hydrogen-bond donors (Lipinski definition) is 2. The summed E-state index contributed by atoms with van der Waals surface area (Å²) in [6.45, 7) is 6.45. The fourth-order valence-electron chi connectivity index (χ4n) is 1.92. The third-order valence-electron chi connectivity index (χ3n) is 3.26. The Morgan fingerprint density at radius 3 is 2.63 bits per heavy atom. The topological polar surface area (TPSA) is 66.9 Å². The van der Waals surface area contributed by atoms with E-state index in [1.54, 1.807) is 6.92 Å². The number of nitrogens with one attached hydrogen (secondary N) is 2. The minimum Gasteiger partial charge on any atom is -0.360 e. The Kier molecular flexibility index (Phi) is 7.35. The lowest BCUT2D eigenvalue weighted by Gasteiger charge is -2.16. The number of rotatable bonds is 7. The van der Waals surface area contributed by atoms with Crippen LogP contribution >= 0.6 is 34.7 Å². The number of amides is 1. The van der Waals surface area contributed by atoms with Gasteiger partial charge in [0, 0.05) is 11.6 Å². The normalized spacial score (nSPS) is 12.9. The fraction of sp³-hybridized carbons (Fsp3) is 0.438. The van der Waals surface area contributed by atoms with Gasteiger partial charge in [-0.25, -0.2) is 0 Å². The van der Waals surface area contributed by atoms with Gasteiger partial charge in [-0.05, 0) is 31.0 Å². The van der Waals surface area contributed by atoms with Gasteiger partial charge in [0.05, 0.1) is 16.5 Å². The van der Waals surface area contributed by atoms with Crippen molar-refractivity contribution >= 4 is 51.4 Å². The van der Waals surface area contributed by atoms with Crippen molar-refractivity contribution in [3.05, 3.63) is 28.8 Å². The number of benzene rings is 1. The summed E-state index contributed by atoms with van der Waals surface area (Å²) in [5.41, 5.74) is -1.32. The first kappa shape index (κ1) is 21.8. The first-order valence-electron chi connectivity index (χ1n) is 7.98. The van der Waals surface area contributed by atoms with Crippen LogP contribution in [0, 0.1) is 5.92 Å². The maximum absolute atomic E-state index is 13.1. The molecule has 0 spiro atoms. The number of hydrogen-bond acceptors (Lipinski definition) is 6. The molecule has 0 aliphatic heterocycles. The Balaban J connectivity index is 2.02. The van der Waals surface area contributed by atoms with Crippen molar-refractivity contribution in [3.63, 3.8) is 0 Å². The SMILES string of the molecule is CC(C)CNc1nnc(SC(C)C(=O)Nc2ccc(Cl)cc2C(F)(F)F)s1. The molecule has 0 aliphatic carbocycles. The maximum atomic E-state index is 13.1. The van der Waals surface area contributed by atoms with Crippen LogP contribution in [0.1, 0.15) is 26.3 Å². The van der Waals surface area contributed by atoms with Crippen LogP contribution in [-0.4, -0.2) is 27.9 Å². The molecule has 0 fully saturated rings. The van der Waals surface area contributed by atoms with E-state index in [2.05, 4.69) is 34.7 Å². The Morgan fingerprint density at radius 2 is 2.00 bits per heavy atom. The second kappa shape index (κ2) is 9.11. The Bertz CT molecular complexity index is 798. The summed E-state index contributed by atoms with van der Waals surface area (Å²) in [6, 6.07) is 3.22. The lowest BCUT2D eigenvalue weighted by Crippen LogP contribution is -2.24. The highest BCUT2D eigenvalue weighted by Crippen LogP contribution is 2.37. The largest absolute Gasteiger partial charge is 0.418 e. The molecule has 2 aromatic rings. The number of alkyl halides is 3. The molecule has 2 rings (SSSR count). The van der Waals surface area contributed by atoms with Gasteiger partial charge in [0.2, 0.25) is 11.0 Å². The van der Waals surface area contributed by atoms with Crippen LogP contribution in [0.25, 0.3) is 0 Å². The van der Waals surface area contributed by atoms with Gasteiger partial charge in [0.15, 0.2) is 4.34 Å². The number of aromatic nitrogens is 2. The quantitative estimate of drug-likeness (QED) is 0.567. The molecule has 0 bridgehead atoms. The van der Waals surface area contributed by atoms with Crippen LogP contribution in [-0.2, 0) is 11.0 Å². The van der Waals surface area contributed by atoms with E-state index in [1.165, 1.54) is 17.4 Å². The molecule has 0 saturated heterocycles. The van der Waals surface area contributed by atoms with Crippen molar-refractivity contribution < 1.29 is 18.0 Å². The number of nitrogens with zero attached hydrogens (tertiary/aromatic N) is 2. The minimum absolute atomic E-state index is 0.0574. The van der Waals surface area contributed by atoms with E-state index in [0.29, 0.717) is 15.4 Å². The van der Waals surface area contributed by atoms with Gasteiger partial charge in [-0.1, -0.05) is 48.5 Å². The first-order chi connectivity index (χ1) is 12.6. The summed E-state index contributed by atoms with van der Waals surface area (Å²) in [4.78, 5) is 12.3. The zero-order valence-electron chi connectivity index (χ0n) is 14.7. The summed E-state index contributed by atoms with van der Waals surface area (Å²) in [7, 11) is 0. The van der Waals surface area contributed by atoms with E-state index in [0.717, 1.165) is 30.4 Å². The molecule has 1 aromatic heterocycles. The first-order valence-corrected chi connectivity index (χ1v) is 10.1. The number of halogens is 4. The van der Waals surface area contributed by atoms with Crippen molar-refractivity contribution in [3.8, 4) is 0 Å². The second-order valence-electron chi connectivity index (χ2n) is 6.08. The predicted octanol–water partition coefficient (Wildman–Crippen LogP) is 5.40. The zero-order chi connectivity index (χ0) is 20.2. The van der Waals surface area contributed by atoms with Gasteiger partial charge >= 0.3 is 6.18 Å². The molecule has 11 heteroatoms. The van der Waals surface area contributed by atoms with Gasteiger partial charge in [0.25, 0.3) is 0 Å². The highest BCUT2D eigenvalue weighted by Gasteiger charge is 2.34. The van der Waals surface area contributed by atoms with E-state index in [9.17, 15) is 18.0 Å². The number of carbonyl (C=O) groups excluding carboxylic acids is 1. The van der Waals surface area contributed by atoms with Crippen LogP contribution in [0.3, 0.4) is 0 Å². The lowest BCUT2D eigenvalue weighted by molar-refractivity contribution is -0.137. The lowest BCUT2D eigenvalue weighted by atomic mass is 10.1. The standard InChI is InChI=1S/C16H18ClF3N4OS2/c1-8(2)7-21-14-23-24-15(27-14)26-9(3)13(25)22-12-5-4-10(17)6-11(12)16(18,19)20/h4-6,8-9H,7H2,1-3H3,(H,21,23)(H,22,25). The fourth-order valence-corrected chi connectivity index (χ4v) is 3.99. The van der Waals surface area contributed by atoms with E-state index < -0.39 is 22.9 Å². The van der Waals surface area contributed by atoms with Crippen LogP contribution in [0.15, 0.2) is 22.5 Å². The number of carbonyl (C=O) groups is 1. The summed E-state index contributed by atoms with van der Waals surface area (Å²) in [5.74, 6) is -0.128.